The van der Waals surface area contributed by atoms with Crippen LogP contribution in [0.4, 0.5) is 0 Å². The molecule has 0 aliphatic rings. The van der Waals surface area contributed by atoms with Crippen LogP contribution in [0.25, 0.3) is 0 Å². The minimum atomic E-state index is -1.35. The summed E-state index contributed by atoms with van der Waals surface area (Å²) in [5.41, 5.74) is 2.09. The van der Waals surface area contributed by atoms with Gasteiger partial charge < -0.3 is 4.43 Å². The van der Waals surface area contributed by atoms with E-state index in [1.165, 1.54) is 18.1 Å². The van der Waals surface area contributed by atoms with Gasteiger partial charge in [0.25, 0.3) is 0 Å². The fraction of sp³-hybridized carbons (Fsp3) is 0.778. The third-order valence-corrected chi connectivity index (χ3v) is 8.37. The van der Waals surface area contributed by atoms with E-state index in [2.05, 4.69) is 32.5 Å². The van der Waals surface area contributed by atoms with Gasteiger partial charge in [-0.05, 0) is 18.1 Å². The molecule has 0 aromatic carbocycles. The monoisotopic (exact) mass is 236 g/mol. The Bertz CT molecular complexity index is 138. The summed E-state index contributed by atoms with van der Waals surface area (Å²) in [4.78, 5) is 0. The van der Waals surface area contributed by atoms with E-state index in [1.54, 1.807) is 0 Å². The first-order valence-corrected chi connectivity index (χ1v) is 10.6. The first kappa shape index (κ1) is 13.4. The Morgan fingerprint density at radius 1 is 1.23 bits per heavy atom. The van der Waals surface area contributed by atoms with Crippen LogP contribution in [0.2, 0.25) is 18.1 Å². The summed E-state index contributed by atoms with van der Waals surface area (Å²) in [5, 5.41) is 0. The number of halogens is 1. The lowest BCUT2D eigenvalue weighted by molar-refractivity contribution is 0.343. The van der Waals surface area contributed by atoms with Gasteiger partial charge in [0.2, 0.25) is 0 Å². The lowest BCUT2D eigenvalue weighted by Crippen LogP contribution is -2.35. The van der Waals surface area contributed by atoms with Gasteiger partial charge in [-0.2, -0.15) is 11.1 Å². The van der Waals surface area contributed by atoms with E-state index >= 15 is 0 Å². The summed E-state index contributed by atoms with van der Waals surface area (Å²) in [6, 6.07) is 3.68. The molecule has 0 spiro atoms. The zero-order valence-corrected chi connectivity index (χ0v) is 12.1. The first-order valence-electron chi connectivity index (χ1n) is 5.09. The molecule has 0 bridgehead atoms. The summed E-state index contributed by atoms with van der Waals surface area (Å²) in [6.07, 6.45) is 2.09. The summed E-state index contributed by atoms with van der Waals surface area (Å²) < 4.78 is 5.99. The van der Waals surface area contributed by atoms with Gasteiger partial charge in [-0.3, -0.25) is 0 Å². The minimum absolute atomic E-state index is 0.442. The quantitative estimate of drug-likeness (QED) is 0.488. The highest BCUT2D eigenvalue weighted by atomic mass is 35.6. The van der Waals surface area contributed by atoms with Crippen LogP contribution in [0, 0.1) is 0 Å². The van der Waals surface area contributed by atoms with Crippen molar-refractivity contribution in [3.8, 4) is 0 Å². The average molecular weight is 237 g/mol. The molecule has 13 heavy (non-hydrogen) atoms. The Labute approximate surface area is 90.2 Å². The Morgan fingerprint density at radius 3 is 2.15 bits per heavy atom. The van der Waals surface area contributed by atoms with E-state index < -0.39 is 17.1 Å². The van der Waals surface area contributed by atoms with Crippen LogP contribution in [0.15, 0.2) is 11.8 Å². The van der Waals surface area contributed by atoms with E-state index in [9.17, 15) is 0 Å². The van der Waals surface area contributed by atoms with Gasteiger partial charge in [-0.25, -0.2) is 0 Å². The maximum atomic E-state index is 5.99. The second-order valence-electron chi connectivity index (χ2n) is 3.18. The van der Waals surface area contributed by atoms with Crippen molar-refractivity contribution in [2.75, 3.05) is 6.61 Å². The molecular weight excluding hydrogens is 216 g/mol. The average Bonchev–Trinajstić information content (AvgIpc) is 2.20. The predicted octanol–water partition coefficient (Wildman–Crippen LogP) is 2.84. The molecule has 0 saturated heterocycles. The lowest BCUT2D eigenvalue weighted by Gasteiger charge is -2.27. The molecular formula is C9H21ClOSi2. The van der Waals surface area contributed by atoms with Crippen molar-refractivity contribution in [1.82, 2.24) is 0 Å². The fourth-order valence-corrected chi connectivity index (χ4v) is 4.61. The van der Waals surface area contributed by atoms with Crippen LogP contribution in [0.1, 0.15) is 20.8 Å². The highest BCUT2D eigenvalue weighted by molar-refractivity contribution is 6.96. The van der Waals surface area contributed by atoms with Gasteiger partial charge in [-0.1, -0.05) is 32.5 Å². The Kier molecular flexibility index (Phi) is 8.05. The molecule has 0 unspecified atom stereocenters. The zero-order valence-electron chi connectivity index (χ0n) is 8.98. The normalized spacial score (nSPS) is 13.5. The van der Waals surface area contributed by atoms with Crippen LogP contribution in [-0.2, 0) is 4.43 Å². The molecule has 0 aliphatic heterocycles. The Hall–Kier alpha value is 0.424. The van der Waals surface area contributed by atoms with E-state index in [0.717, 1.165) is 6.61 Å². The third-order valence-electron chi connectivity index (χ3n) is 2.67. The standard InChI is InChI=1S/C9H21ClOSi2/c1-4-13(5-2,6-3)11-8-7-9-12-10/h7,9H,4-6,8,12H2,1-3H3. The molecule has 0 fully saturated rings. The van der Waals surface area contributed by atoms with Crippen LogP contribution < -0.4 is 0 Å². The van der Waals surface area contributed by atoms with Crippen molar-refractivity contribution in [2.45, 2.75) is 38.9 Å². The van der Waals surface area contributed by atoms with E-state index in [4.69, 9.17) is 15.5 Å². The molecule has 78 valence electrons. The second kappa shape index (κ2) is 7.79. The fourth-order valence-electron chi connectivity index (χ4n) is 1.41. The van der Waals surface area contributed by atoms with Crippen LogP contribution >= 0.6 is 11.1 Å². The highest BCUT2D eigenvalue weighted by Crippen LogP contribution is 2.21. The van der Waals surface area contributed by atoms with Crippen molar-refractivity contribution >= 4 is 28.2 Å². The zero-order chi connectivity index (χ0) is 10.2. The molecule has 0 rings (SSSR count). The van der Waals surface area contributed by atoms with E-state index in [-0.39, 0.29) is 0 Å². The van der Waals surface area contributed by atoms with Crippen LogP contribution in [0.3, 0.4) is 0 Å². The summed E-state index contributed by atoms with van der Waals surface area (Å²) in [5.74, 6) is 0. The molecule has 0 atom stereocenters. The minimum Gasteiger partial charge on any atom is -0.413 e. The SMILES string of the molecule is CC[Si](CC)(CC)OCC=C[SiH2]Cl. The lowest BCUT2D eigenvalue weighted by atomic mass is 10.7. The smallest absolute Gasteiger partial charge is 0.192 e. The molecule has 1 nitrogen and oxygen atoms in total. The Morgan fingerprint density at radius 2 is 1.77 bits per heavy atom. The number of hydrogen-bond acceptors (Lipinski definition) is 1. The van der Waals surface area contributed by atoms with Crippen molar-refractivity contribution in [2.24, 2.45) is 0 Å². The molecule has 0 aliphatic carbocycles. The summed E-state index contributed by atoms with van der Waals surface area (Å²) in [7, 11) is -1.79. The molecule has 0 heterocycles. The van der Waals surface area contributed by atoms with Gasteiger partial charge >= 0.3 is 0 Å². The van der Waals surface area contributed by atoms with Crippen LogP contribution in [-0.4, -0.2) is 23.8 Å². The molecule has 0 saturated carbocycles. The van der Waals surface area contributed by atoms with Gasteiger partial charge in [-0.15, -0.1) is 0 Å². The summed E-state index contributed by atoms with van der Waals surface area (Å²) >= 11 is 5.66. The topological polar surface area (TPSA) is 9.23 Å². The van der Waals surface area contributed by atoms with Crippen molar-refractivity contribution < 1.29 is 4.43 Å². The largest absolute Gasteiger partial charge is 0.413 e. The van der Waals surface area contributed by atoms with E-state index in [0.29, 0.717) is 0 Å². The molecule has 0 aromatic rings. The van der Waals surface area contributed by atoms with E-state index in [1.807, 2.05) is 0 Å². The highest BCUT2D eigenvalue weighted by Gasteiger charge is 2.27. The molecule has 0 amide bonds. The molecule has 0 aromatic heterocycles. The number of hydrogen-bond donors (Lipinski definition) is 0. The van der Waals surface area contributed by atoms with Crippen LogP contribution in [0.5, 0.6) is 0 Å². The molecule has 0 radical (unpaired) electrons. The first-order chi connectivity index (χ1) is 6.24. The van der Waals surface area contributed by atoms with Crippen molar-refractivity contribution in [1.29, 1.82) is 0 Å². The molecule has 4 heteroatoms. The van der Waals surface area contributed by atoms with Gasteiger partial charge in [0.05, 0.1) is 6.61 Å². The maximum absolute atomic E-state index is 5.99. The van der Waals surface area contributed by atoms with Gasteiger partial charge in [0, 0.05) is 0 Å². The second-order valence-corrected chi connectivity index (χ2v) is 9.66. The van der Waals surface area contributed by atoms with Crippen molar-refractivity contribution in [3.05, 3.63) is 11.8 Å². The third kappa shape index (κ3) is 5.00. The van der Waals surface area contributed by atoms with Gasteiger partial charge in [0.1, 0.15) is 8.83 Å². The van der Waals surface area contributed by atoms with Gasteiger partial charge in [0.15, 0.2) is 8.32 Å². The number of rotatable bonds is 7. The van der Waals surface area contributed by atoms with Crippen molar-refractivity contribution in [3.63, 3.8) is 0 Å². The molecule has 0 N–H and O–H groups in total. The summed E-state index contributed by atoms with van der Waals surface area (Å²) in [6.45, 7) is 7.53. The Balaban J connectivity index is 3.88. The predicted molar refractivity (Wildman–Crippen MR) is 66.7 cm³/mol. The maximum Gasteiger partial charge on any atom is 0.192 e.